The van der Waals surface area contributed by atoms with Crippen molar-refractivity contribution in [2.75, 3.05) is 34.7 Å². The van der Waals surface area contributed by atoms with E-state index in [0.717, 1.165) is 12.3 Å². The maximum Gasteiger partial charge on any atom is 0.0571 e. The molecule has 0 unspecified atom stereocenters. The highest BCUT2D eigenvalue weighted by atomic mass is 15.4. The normalized spacial score (nSPS) is 13.0. The quantitative estimate of drug-likeness (QED) is 0.462. The molecule has 0 aliphatic rings. The minimum absolute atomic E-state index is 0.959. The SMILES string of the molecule is CC(/C=C/CN(C)C)=N/N(C)C. The summed E-state index contributed by atoms with van der Waals surface area (Å²) in [4.78, 5) is 2.11. The van der Waals surface area contributed by atoms with Gasteiger partial charge < -0.3 is 9.91 Å². The lowest BCUT2D eigenvalue weighted by atomic mass is 10.3. The summed E-state index contributed by atoms with van der Waals surface area (Å²) in [5.74, 6) is 0. The van der Waals surface area contributed by atoms with E-state index in [4.69, 9.17) is 0 Å². The van der Waals surface area contributed by atoms with Crippen molar-refractivity contribution in [2.45, 2.75) is 6.92 Å². The van der Waals surface area contributed by atoms with Gasteiger partial charge in [0.2, 0.25) is 0 Å². The summed E-state index contributed by atoms with van der Waals surface area (Å²) in [5.41, 5.74) is 1.03. The summed E-state index contributed by atoms with van der Waals surface area (Å²) < 4.78 is 0. The lowest BCUT2D eigenvalue weighted by Crippen LogP contribution is -2.11. The Bertz CT molecular complexity index is 169. The smallest absolute Gasteiger partial charge is 0.0571 e. The Morgan fingerprint density at radius 1 is 1.25 bits per heavy atom. The molecule has 0 saturated heterocycles. The Labute approximate surface area is 75.4 Å². The molecule has 70 valence electrons. The van der Waals surface area contributed by atoms with Crippen LogP contribution < -0.4 is 0 Å². The second kappa shape index (κ2) is 5.77. The van der Waals surface area contributed by atoms with E-state index in [9.17, 15) is 0 Å². The predicted molar refractivity (Wildman–Crippen MR) is 54.5 cm³/mol. The van der Waals surface area contributed by atoms with Crippen molar-refractivity contribution in [2.24, 2.45) is 5.10 Å². The first kappa shape index (κ1) is 11.2. The number of hydrazone groups is 1. The zero-order valence-electron chi connectivity index (χ0n) is 8.70. The molecule has 0 spiro atoms. The van der Waals surface area contributed by atoms with Crippen LogP contribution in [0.2, 0.25) is 0 Å². The molecule has 0 aromatic heterocycles. The molecular formula is C9H19N3. The van der Waals surface area contributed by atoms with Gasteiger partial charge in [-0.15, -0.1) is 0 Å². The molecule has 12 heavy (non-hydrogen) atoms. The van der Waals surface area contributed by atoms with E-state index >= 15 is 0 Å². The number of hydrogen-bond donors (Lipinski definition) is 0. The lowest BCUT2D eigenvalue weighted by molar-refractivity contribution is 0.438. The highest BCUT2D eigenvalue weighted by molar-refractivity contribution is 5.92. The summed E-state index contributed by atoms with van der Waals surface area (Å²) >= 11 is 0. The van der Waals surface area contributed by atoms with Crippen LogP contribution in [0, 0.1) is 0 Å². The van der Waals surface area contributed by atoms with Crippen LogP contribution in [0.1, 0.15) is 6.92 Å². The Balaban J connectivity index is 3.82. The number of allylic oxidation sites excluding steroid dienone is 1. The molecule has 0 rings (SSSR count). The molecule has 0 aromatic carbocycles. The van der Waals surface area contributed by atoms with Crippen molar-refractivity contribution in [3.05, 3.63) is 12.2 Å². The third-order valence-corrected chi connectivity index (χ3v) is 1.19. The van der Waals surface area contributed by atoms with Gasteiger partial charge in [-0.2, -0.15) is 5.10 Å². The van der Waals surface area contributed by atoms with E-state index < -0.39 is 0 Å². The van der Waals surface area contributed by atoms with Gasteiger partial charge in [0.25, 0.3) is 0 Å². The third kappa shape index (κ3) is 7.28. The van der Waals surface area contributed by atoms with Crippen molar-refractivity contribution >= 4 is 5.71 Å². The second-order valence-corrected chi connectivity index (χ2v) is 3.25. The minimum Gasteiger partial charge on any atom is -0.306 e. The monoisotopic (exact) mass is 169 g/mol. The molecule has 0 aromatic rings. The second-order valence-electron chi connectivity index (χ2n) is 3.25. The molecule has 0 heterocycles. The summed E-state index contributed by atoms with van der Waals surface area (Å²) in [5, 5.41) is 6.02. The van der Waals surface area contributed by atoms with E-state index in [1.807, 2.05) is 41.2 Å². The molecule has 0 atom stereocenters. The average Bonchev–Trinajstić information content (AvgIpc) is 1.84. The average molecular weight is 169 g/mol. The van der Waals surface area contributed by atoms with Gasteiger partial charge in [-0.1, -0.05) is 6.08 Å². The van der Waals surface area contributed by atoms with E-state index in [1.165, 1.54) is 0 Å². The summed E-state index contributed by atoms with van der Waals surface area (Å²) in [6, 6.07) is 0. The zero-order chi connectivity index (χ0) is 9.56. The van der Waals surface area contributed by atoms with Crippen molar-refractivity contribution in [1.82, 2.24) is 9.91 Å². The van der Waals surface area contributed by atoms with Gasteiger partial charge in [0, 0.05) is 20.6 Å². The van der Waals surface area contributed by atoms with Crippen LogP contribution >= 0.6 is 0 Å². The predicted octanol–water partition coefficient (Wildman–Crippen LogP) is 1.04. The summed E-state index contributed by atoms with van der Waals surface area (Å²) in [6.45, 7) is 2.95. The Kier molecular flexibility index (Phi) is 5.37. The molecule has 0 aliphatic carbocycles. The Morgan fingerprint density at radius 2 is 1.83 bits per heavy atom. The first-order chi connectivity index (χ1) is 5.52. The first-order valence-electron chi connectivity index (χ1n) is 4.06. The molecule has 3 nitrogen and oxygen atoms in total. The van der Waals surface area contributed by atoms with E-state index in [1.54, 1.807) is 5.01 Å². The molecular weight excluding hydrogens is 150 g/mol. The van der Waals surface area contributed by atoms with Gasteiger partial charge in [0.1, 0.15) is 0 Å². The third-order valence-electron chi connectivity index (χ3n) is 1.19. The van der Waals surface area contributed by atoms with Crippen molar-refractivity contribution in [1.29, 1.82) is 0 Å². The largest absolute Gasteiger partial charge is 0.306 e. The fraction of sp³-hybridized carbons (Fsp3) is 0.667. The van der Waals surface area contributed by atoms with Gasteiger partial charge in [-0.05, 0) is 27.1 Å². The van der Waals surface area contributed by atoms with Gasteiger partial charge in [-0.25, -0.2) is 0 Å². The van der Waals surface area contributed by atoms with Crippen LogP contribution in [0.3, 0.4) is 0 Å². The van der Waals surface area contributed by atoms with Gasteiger partial charge >= 0.3 is 0 Å². The molecule has 0 radical (unpaired) electrons. The van der Waals surface area contributed by atoms with Crippen molar-refractivity contribution in [3.8, 4) is 0 Å². The summed E-state index contributed by atoms with van der Waals surface area (Å²) in [6.07, 6.45) is 4.13. The van der Waals surface area contributed by atoms with E-state index in [0.29, 0.717) is 0 Å². The van der Waals surface area contributed by atoms with Crippen LogP contribution in [-0.4, -0.2) is 50.4 Å². The molecule has 0 N–H and O–H groups in total. The fourth-order valence-electron chi connectivity index (χ4n) is 0.783. The van der Waals surface area contributed by atoms with Gasteiger partial charge in [-0.3, -0.25) is 0 Å². The molecule has 0 saturated carbocycles. The Hall–Kier alpha value is -0.830. The van der Waals surface area contributed by atoms with Crippen LogP contribution in [0.4, 0.5) is 0 Å². The molecule has 0 fully saturated rings. The van der Waals surface area contributed by atoms with Gasteiger partial charge in [0.05, 0.1) is 5.71 Å². The highest BCUT2D eigenvalue weighted by Crippen LogP contribution is 1.85. The topological polar surface area (TPSA) is 18.8 Å². The Morgan fingerprint density at radius 3 is 2.25 bits per heavy atom. The zero-order valence-corrected chi connectivity index (χ0v) is 8.70. The molecule has 0 bridgehead atoms. The fourth-order valence-corrected chi connectivity index (χ4v) is 0.783. The van der Waals surface area contributed by atoms with Gasteiger partial charge in [0.15, 0.2) is 0 Å². The van der Waals surface area contributed by atoms with Crippen molar-refractivity contribution in [3.63, 3.8) is 0 Å². The molecule has 0 aliphatic heterocycles. The lowest BCUT2D eigenvalue weighted by Gasteiger charge is -2.05. The maximum absolute atomic E-state index is 4.22. The number of hydrogen-bond acceptors (Lipinski definition) is 3. The van der Waals surface area contributed by atoms with E-state index in [2.05, 4.69) is 16.1 Å². The first-order valence-corrected chi connectivity index (χ1v) is 4.06. The maximum atomic E-state index is 4.22. The molecule has 3 heteroatoms. The van der Waals surface area contributed by atoms with Crippen LogP contribution in [0.15, 0.2) is 17.3 Å². The van der Waals surface area contributed by atoms with Crippen LogP contribution in [0.5, 0.6) is 0 Å². The number of likely N-dealkylation sites (N-methyl/N-ethyl adjacent to an activating group) is 1. The number of rotatable bonds is 4. The highest BCUT2D eigenvalue weighted by Gasteiger charge is 1.85. The minimum atomic E-state index is 0.959. The van der Waals surface area contributed by atoms with Crippen LogP contribution in [0.25, 0.3) is 0 Å². The van der Waals surface area contributed by atoms with Crippen LogP contribution in [-0.2, 0) is 0 Å². The van der Waals surface area contributed by atoms with Crippen molar-refractivity contribution < 1.29 is 0 Å². The molecule has 0 amide bonds. The number of nitrogens with zero attached hydrogens (tertiary/aromatic N) is 3. The summed E-state index contributed by atoms with van der Waals surface area (Å²) in [7, 11) is 7.93. The van der Waals surface area contributed by atoms with E-state index in [-0.39, 0.29) is 0 Å². The standard InChI is InChI=1S/C9H19N3/c1-9(10-12(4)5)7-6-8-11(2)3/h6-7H,8H2,1-5H3/b7-6+,10-9-.